The molecule has 1 aliphatic carbocycles. The van der Waals surface area contributed by atoms with Crippen LogP contribution in [-0.2, 0) is 4.79 Å². The van der Waals surface area contributed by atoms with E-state index in [9.17, 15) is 4.79 Å². The molecular weight excluding hydrogens is 304 g/mol. The lowest BCUT2D eigenvalue weighted by atomic mass is 9.98. The molecule has 0 radical (unpaired) electrons. The maximum absolute atomic E-state index is 12.1. The topological polar surface area (TPSA) is 55.1 Å². The van der Waals surface area contributed by atoms with Crippen LogP contribution in [0.5, 0.6) is 0 Å². The summed E-state index contributed by atoms with van der Waals surface area (Å²) < 4.78 is 0.870. The van der Waals surface area contributed by atoms with Crippen molar-refractivity contribution in [1.82, 2.24) is 0 Å². The summed E-state index contributed by atoms with van der Waals surface area (Å²) in [4.78, 5) is 12.1. The first-order chi connectivity index (χ1) is 8.01. The fraction of sp³-hybridized carbons (Fsp3) is 0.417. The van der Waals surface area contributed by atoms with E-state index in [-0.39, 0.29) is 5.91 Å². The van der Waals surface area contributed by atoms with Gasteiger partial charge in [-0.25, -0.2) is 0 Å². The van der Waals surface area contributed by atoms with Gasteiger partial charge in [-0.3, -0.25) is 4.79 Å². The second-order valence-corrected chi connectivity index (χ2v) is 5.76. The van der Waals surface area contributed by atoms with Gasteiger partial charge in [0.25, 0.3) is 0 Å². The molecule has 0 spiro atoms. The van der Waals surface area contributed by atoms with Crippen molar-refractivity contribution in [1.29, 1.82) is 0 Å². The summed E-state index contributed by atoms with van der Waals surface area (Å²) in [5, 5.41) is 3.32. The second kappa shape index (κ2) is 4.96. The number of hydrogen-bond acceptors (Lipinski definition) is 2. The molecule has 1 aromatic rings. The third-order valence-electron chi connectivity index (χ3n) is 3.12. The third kappa shape index (κ3) is 2.81. The van der Waals surface area contributed by atoms with Crippen molar-refractivity contribution in [2.75, 3.05) is 5.32 Å². The molecule has 0 bridgehead atoms. The number of carbonyl (C=O) groups is 1. The molecule has 2 rings (SSSR count). The predicted octanol–water partition coefficient (Wildman–Crippen LogP) is 3.31. The molecule has 0 unspecified atom stereocenters. The van der Waals surface area contributed by atoms with Crippen LogP contribution in [0.4, 0.5) is 5.69 Å². The number of rotatable bonds is 2. The minimum Gasteiger partial charge on any atom is -0.323 e. The quantitative estimate of drug-likeness (QED) is 0.879. The number of carbonyl (C=O) groups excluding carboxylic acids is 1. The molecule has 0 saturated heterocycles. The van der Waals surface area contributed by atoms with Gasteiger partial charge < -0.3 is 11.1 Å². The molecule has 0 heterocycles. The summed E-state index contributed by atoms with van der Waals surface area (Å²) in [6.07, 6.45) is 3.50. The van der Waals surface area contributed by atoms with Gasteiger partial charge in [0.2, 0.25) is 5.91 Å². The van der Waals surface area contributed by atoms with Gasteiger partial charge in [-0.05, 0) is 31.0 Å². The Balaban J connectivity index is 2.15. The molecule has 0 aromatic heterocycles. The normalized spacial score (nSPS) is 18.1. The van der Waals surface area contributed by atoms with Crippen LogP contribution in [0.1, 0.15) is 25.7 Å². The van der Waals surface area contributed by atoms with Crippen molar-refractivity contribution < 1.29 is 4.79 Å². The Kier molecular flexibility index (Phi) is 3.76. The van der Waals surface area contributed by atoms with Crippen LogP contribution in [0.3, 0.4) is 0 Å². The summed E-state index contributed by atoms with van der Waals surface area (Å²) in [6.45, 7) is 0. The van der Waals surface area contributed by atoms with Gasteiger partial charge >= 0.3 is 0 Å². The smallest absolute Gasteiger partial charge is 0.244 e. The van der Waals surface area contributed by atoms with Crippen LogP contribution in [0.25, 0.3) is 0 Å². The summed E-state index contributed by atoms with van der Waals surface area (Å²) >= 11 is 9.36. The van der Waals surface area contributed by atoms with E-state index >= 15 is 0 Å². The first-order valence-electron chi connectivity index (χ1n) is 5.57. The summed E-state index contributed by atoms with van der Waals surface area (Å²) in [5.41, 5.74) is 5.94. The average Bonchev–Trinajstić information content (AvgIpc) is 2.72. The third-order valence-corrected chi connectivity index (χ3v) is 3.95. The van der Waals surface area contributed by atoms with Crippen molar-refractivity contribution in [3.05, 3.63) is 27.7 Å². The van der Waals surface area contributed by atoms with Gasteiger partial charge in [0.1, 0.15) is 0 Å². The molecule has 1 saturated carbocycles. The van der Waals surface area contributed by atoms with Crippen molar-refractivity contribution in [3.8, 4) is 0 Å². The van der Waals surface area contributed by atoms with E-state index in [2.05, 4.69) is 21.2 Å². The van der Waals surface area contributed by atoms with Crippen LogP contribution in [-0.4, -0.2) is 11.4 Å². The van der Waals surface area contributed by atoms with E-state index in [0.29, 0.717) is 10.7 Å². The Labute approximate surface area is 114 Å². The highest BCUT2D eigenvalue weighted by Crippen LogP contribution is 2.31. The number of halogens is 2. The van der Waals surface area contributed by atoms with Crippen LogP contribution in [0.2, 0.25) is 5.02 Å². The van der Waals surface area contributed by atoms with E-state index in [1.165, 1.54) is 0 Å². The Bertz CT molecular complexity index is 444. The summed E-state index contributed by atoms with van der Waals surface area (Å²) in [5.74, 6) is -0.144. The van der Waals surface area contributed by atoms with E-state index in [0.717, 1.165) is 30.2 Å². The molecule has 1 aromatic carbocycles. The lowest BCUT2D eigenvalue weighted by molar-refractivity contribution is -0.121. The molecular formula is C12H14BrClN2O. The van der Waals surface area contributed by atoms with Crippen LogP contribution < -0.4 is 11.1 Å². The molecule has 1 amide bonds. The fourth-order valence-electron chi connectivity index (χ4n) is 2.07. The van der Waals surface area contributed by atoms with Crippen LogP contribution >= 0.6 is 27.5 Å². The van der Waals surface area contributed by atoms with Gasteiger partial charge in [-0.15, -0.1) is 0 Å². The highest BCUT2D eigenvalue weighted by Gasteiger charge is 2.37. The van der Waals surface area contributed by atoms with Crippen molar-refractivity contribution >= 4 is 39.1 Å². The van der Waals surface area contributed by atoms with E-state index in [4.69, 9.17) is 17.3 Å². The largest absolute Gasteiger partial charge is 0.323 e. The maximum Gasteiger partial charge on any atom is 0.244 e. The molecule has 0 atom stereocenters. The lowest BCUT2D eigenvalue weighted by Crippen LogP contribution is -2.48. The molecule has 3 nitrogen and oxygen atoms in total. The van der Waals surface area contributed by atoms with E-state index < -0.39 is 5.54 Å². The SMILES string of the molecule is NC1(C(=O)Nc2cc(Br)ccc2Cl)CCCC1. The minimum absolute atomic E-state index is 0.144. The molecule has 1 aliphatic rings. The number of benzene rings is 1. The molecule has 92 valence electrons. The number of nitrogens with one attached hydrogen (secondary N) is 1. The van der Waals surface area contributed by atoms with Crippen LogP contribution in [0, 0.1) is 0 Å². The first-order valence-corrected chi connectivity index (χ1v) is 6.74. The molecule has 5 heteroatoms. The fourth-order valence-corrected chi connectivity index (χ4v) is 2.60. The van der Waals surface area contributed by atoms with Gasteiger partial charge in [0.15, 0.2) is 0 Å². The van der Waals surface area contributed by atoms with Gasteiger partial charge in [0, 0.05) is 4.47 Å². The summed E-state index contributed by atoms with van der Waals surface area (Å²) in [7, 11) is 0. The number of anilines is 1. The van der Waals surface area contributed by atoms with Gasteiger partial charge in [0.05, 0.1) is 16.2 Å². The minimum atomic E-state index is -0.731. The molecule has 1 fully saturated rings. The van der Waals surface area contributed by atoms with E-state index in [1.54, 1.807) is 12.1 Å². The Morgan fingerprint density at radius 3 is 2.71 bits per heavy atom. The Morgan fingerprint density at radius 2 is 2.06 bits per heavy atom. The Hall–Kier alpha value is -0.580. The first kappa shape index (κ1) is 12.9. The van der Waals surface area contributed by atoms with Crippen molar-refractivity contribution in [3.63, 3.8) is 0 Å². The van der Waals surface area contributed by atoms with Crippen molar-refractivity contribution in [2.24, 2.45) is 5.73 Å². The average molecular weight is 318 g/mol. The lowest BCUT2D eigenvalue weighted by Gasteiger charge is -2.22. The highest BCUT2D eigenvalue weighted by molar-refractivity contribution is 9.10. The summed E-state index contributed by atoms with van der Waals surface area (Å²) in [6, 6.07) is 5.34. The number of nitrogens with two attached hydrogens (primary N) is 1. The number of hydrogen-bond donors (Lipinski definition) is 2. The monoisotopic (exact) mass is 316 g/mol. The molecule has 3 N–H and O–H groups in total. The van der Waals surface area contributed by atoms with E-state index in [1.807, 2.05) is 6.07 Å². The van der Waals surface area contributed by atoms with Gasteiger partial charge in [-0.1, -0.05) is 40.4 Å². The predicted molar refractivity (Wildman–Crippen MR) is 73.2 cm³/mol. The molecule has 17 heavy (non-hydrogen) atoms. The van der Waals surface area contributed by atoms with Crippen molar-refractivity contribution in [2.45, 2.75) is 31.2 Å². The molecule has 0 aliphatic heterocycles. The zero-order chi connectivity index (χ0) is 12.5. The zero-order valence-corrected chi connectivity index (χ0v) is 11.6. The Morgan fingerprint density at radius 1 is 1.41 bits per heavy atom. The van der Waals surface area contributed by atoms with Crippen LogP contribution in [0.15, 0.2) is 22.7 Å². The standard InChI is InChI=1S/C12H14BrClN2O/c13-8-3-4-9(14)10(7-8)16-11(17)12(15)5-1-2-6-12/h3-4,7H,1-2,5-6,15H2,(H,16,17). The highest BCUT2D eigenvalue weighted by atomic mass is 79.9. The zero-order valence-electron chi connectivity index (χ0n) is 9.30. The second-order valence-electron chi connectivity index (χ2n) is 4.44. The maximum atomic E-state index is 12.1. The van der Waals surface area contributed by atoms with Gasteiger partial charge in [-0.2, -0.15) is 0 Å². The number of amides is 1.